The number of aliphatic imine (C=N–C) groups is 1. The van der Waals surface area contributed by atoms with Crippen LogP contribution in [0.3, 0.4) is 0 Å². The van der Waals surface area contributed by atoms with E-state index >= 15 is 0 Å². The molecular weight excluding hydrogens is 246 g/mol. The summed E-state index contributed by atoms with van der Waals surface area (Å²) in [5.74, 6) is 0.958. The van der Waals surface area contributed by atoms with E-state index in [1.165, 1.54) is 44.9 Å². The van der Waals surface area contributed by atoms with Gasteiger partial charge in [0, 0.05) is 6.42 Å². The molecule has 20 heavy (non-hydrogen) atoms. The monoisotopic (exact) mass is 279 g/mol. The molecule has 1 rings (SSSR count). The Morgan fingerprint density at radius 3 is 2.30 bits per heavy atom. The van der Waals surface area contributed by atoms with Gasteiger partial charge in [-0.1, -0.05) is 51.2 Å². The van der Waals surface area contributed by atoms with Crippen molar-refractivity contribution in [1.82, 2.24) is 0 Å². The Morgan fingerprint density at radius 2 is 1.65 bits per heavy atom. The zero-order valence-corrected chi connectivity index (χ0v) is 13.8. The highest BCUT2D eigenvalue weighted by molar-refractivity contribution is 5.78. The smallest absolute Gasteiger partial charge is 0.183 e. The summed E-state index contributed by atoms with van der Waals surface area (Å²) >= 11 is 0. The van der Waals surface area contributed by atoms with E-state index in [0.717, 1.165) is 31.8 Å². The summed E-state index contributed by atoms with van der Waals surface area (Å²) in [4.78, 5) is 4.57. The normalized spacial score (nSPS) is 17.4. The molecule has 0 amide bonds. The highest BCUT2D eigenvalue weighted by Crippen LogP contribution is 2.19. The second-order valence-corrected chi connectivity index (χ2v) is 6.53. The molecule has 0 unspecified atom stereocenters. The molecule has 0 N–H and O–H groups in total. The average molecular weight is 279 g/mol. The van der Waals surface area contributed by atoms with E-state index < -0.39 is 0 Å². The molecule has 0 aromatic carbocycles. The van der Waals surface area contributed by atoms with E-state index in [9.17, 15) is 0 Å². The number of hydrogen-bond donors (Lipinski definition) is 0. The maximum atomic E-state index is 5.59. The van der Waals surface area contributed by atoms with Gasteiger partial charge in [0.25, 0.3) is 0 Å². The molecule has 0 bridgehead atoms. The van der Waals surface area contributed by atoms with Crippen LogP contribution in [-0.2, 0) is 4.74 Å². The van der Waals surface area contributed by atoms with Gasteiger partial charge in [-0.05, 0) is 39.5 Å². The summed E-state index contributed by atoms with van der Waals surface area (Å²) < 4.78 is 5.59. The minimum atomic E-state index is 0.00293. The van der Waals surface area contributed by atoms with Gasteiger partial charge >= 0.3 is 0 Å². The molecule has 2 heteroatoms. The van der Waals surface area contributed by atoms with Crippen LogP contribution in [0.4, 0.5) is 0 Å². The van der Waals surface area contributed by atoms with Gasteiger partial charge in [0.05, 0.1) is 5.54 Å². The molecule has 0 radical (unpaired) electrons. The number of hydrogen-bond acceptors (Lipinski definition) is 2. The minimum Gasteiger partial charge on any atom is -0.478 e. The molecular formula is C18H33NO. The van der Waals surface area contributed by atoms with Crippen LogP contribution in [0.1, 0.15) is 85.0 Å². The van der Waals surface area contributed by atoms with E-state index in [0.29, 0.717) is 0 Å². The van der Waals surface area contributed by atoms with Crippen molar-refractivity contribution >= 4 is 5.90 Å². The van der Waals surface area contributed by atoms with Crippen LogP contribution in [0.2, 0.25) is 0 Å². The highest BCUT2D eigenvalue weighted by Gasteiger charge is 2.25. The van der Waals surface area contributed by atoms with Gasteiger partial charge in [-0.2, -0.15) is 0 Å². The molecule has 0 saturated heterocycles. The lowest BCUT2D eigenvalue weighted by atomic mass is 10.1. The van der Waals surface area contributed by atoms with Crippen LogP contribution in [0, 0.1) is 0 Å². The minimum absolute atomic E-state index is 0.00293. The van der Waals surface area contributed by atoms with Crippen molar-refractivity contribution in [2.24, 2.45) is 4.99 Å². The van der Waals surface area contributed by atoms with E-state index in [2.05, 4.69) is 37.9 Å². The standard InChI is InChI=1S/C18H33NO/c1-4-5-6-7-8-9-10-11-12-13-14-15-17-19-18(2,3)16-20-17/h11-12H,4-10,13-16H2,1-3H3/b12-11-. The largest absolute Gasteiger partial charge is 0.478 e. The second kappa shape index (κ2) is 10.0. The first kappa shape index (κ1) is 17.3. The molecule has 0 aromatic heterocycles. The summed E-state index contributed by atoms with van der Waals surface area (Å²) in [6.07, 6.45) is 17.5. The van der Waals surface area contributed by atoms with Crippen LogP contribution < -0.4 is 0 Å². The predicted molar refractivity (Wildman–Crippen MR) is 88.5 cm³/mol. The van der Waals surface area contributed by atoms with Crippen LogP contribution in [0.25, 0.3) is 0 Å². The molecule has 0 spiro atoms. The summed E-state index contributed by atoms with van der Waals surface area (Å²) in [5.41, 5.74) is 0.00293. The molecule has 2 nitrogen and oxygen atoms in total. The zero-order valence-electron chi connectivity index (χ0n) is 13.8. The molecule has 0 aliphatic carbocycles. The molecule has 1 heterocycles. The summed E-state index contributed by atoms with van der Waals surface area (Å²) in [7, 11) is 0. The van der Waals surface area contributed by atoms with Gasteiger partial charge in [-0.15, -0.1) is 0 Å². The number of ether oxygens (including phenoxy) is 1. The highest BCUT2D eigenvalue weighted by atomic mass is 16.5. The third-order valence-electron chi connectivity index (χ3n) is 3.67. The Labute approximate surface area is 125 Å². The van der Waals surface area contributed by atoms with Crippen molar-refractivity contribution < 1.29 is 4.74 Å². The lowest BCUT2D eigenvalue weighted by molar-refractivity contribution is 0.273. The van der Waals surface area contributed by atoms with E-state index in [-0.39, 0.29) is 5.54 Å². The SMILES string of the molecule is CCCCCCCC/C=C\CCCC1=NC(C)(C)CO1. The van der Waals surface area contributed by atoms with Crippen LogP contribution in [0.15, 0.2) is 17.1 Å². The Morgan fingerprint density at radius 1 is 1.00 bits per heavy atom. The maximum Gasteiger partial charge on any atom is 0.183 e. The summed E-state index contributed by atoms with van der Waals surface area (Å²) in [5, 5.41) is 0. The van der Waals surface area contributed by atoms with Crippen molar-refractivity contribution in [2.75, 3.05) is 6.61 Å². The zero-order chi connectivity index (χ0) is 14.7. The predicted octanol–water partition coefficient (Wildman–Crippen LogP) is 5.67. The van der Waals surface area contributed by atoms with E-state index in [4.69, 9.17) is 4.74 Å². The number of rotatable bonds is 11. The lowest BCUT2D eigenvalue weighted by Gasteiger charge is -2.07. The lowest BCUT2D eigenvalue weighted by Crippen LogP contribution is -2.17. The third-order valence-corrected chi connectivity index (χ3v) is 3.67. The van der Waals surface area contributed by atoms with Crippen molar-refractivity contribution in [3.05, 3.63) is 12.2 Å². The Kier molecular flexibility index (Phi) is 8.64. The van der Waals surface area contributed by atoms with Crippen LogP contribution in [-0.4, -0.2) is 18.0 Å². The molecule has 1 aliphatic rings. The molecule has 0 aromatic rings. The van der Waals surface area contributed by atoms with Crippen molar-refractivity contribution in [1.29, 1.82) is 0 Å². The number of allylic oxidation sites excluding steroid dienone is 2. The Balaban J connectivity index is 1.90. The van der Waals surface area contributed by atoms with Gasteiger partial charge in [0.15, 0.2) is 5.90 Å². The van der Waals surface area contributed by atoms with Crippen molar-refractivity contribution in [2.45, 2.75) is 90.5 Å². The average Bonchev–Trinajstić information content (AvgIpc) is 2.75. The fraction of sp³-hybridized carbons (Fsp3) is 0.833. The molecule has 116 valence electrons. The van der Waals surface area contributed by atoms with Gasteiger partial charge < -0.3 is 4.74 Å². The Bertz CT molecular complexity index is 305. The van der Waals surface area contributed by atoms with Gasteiger partial charge in [-0.3, -0.25) is 0 Å². The molecule has 0 fully saturated rings. The first-order chi connectivity index (χ1) is 9.64. The topological polar surface area (TPSA) is 21.6 Å². The third kappa shape index (κ3) is 8.39. The van der Waals surface area contributed by atoms with Gasteiger partial charge in [0.1, 0.15) is 6.61 Å². The van der Waals surface area contributed by atoms with Crippen LogP contribution >= 0.6 is 0 Å². The van der Waals surface area contributed by atoms with Gasteiger partial charge in [0.2, 0.25) is 0 Å². The molecule has 0 saturated carbocycles. The molecule has 1 aliphatic heterocycles. The first-order valence-corrected chi connectivity index (χ1v) is 8.50. The fourth-order valence-corrected chi connectivity index (χ4v) is 2.44. The summed E-state index contributed by atoms with van der Waals surface area (Å²) in [6, 6.07) is 0. The first-order valence-electron chi connectivity index (χ1n) is 8.50. The van der Waals surface area contributed by atoms with Crippen molar-refractivity contribution in [3.63, 3.8) is 0 Å². The van der Waals surface area contributed by atoms with Crippen molar-refractivity contribution in [3.8, 4) is 0 Å². The van der Waals surface area contributed by atoms with E-state index in [1.54, 1.807) is 0 Å². The number of unbranched alkanes of at least 4 members (excludes halogenated alkanes) is 7. The maximum absolute atomic E-state index is 5.59. The van der Waals surface area contributed by atoms with Gasteiger partial charge in [-0.25, -0.2) is 4.99 Å². The number of nitrogens with zero attached hydrogens (tertiary/aromatic N) is 1. The Hall–Kier alpha value is -0.790. The summed E-state index contributed by atoms with van der Waals surface area (Å²) in [6.45, 7) is 7.27. The van der Waals surface area contributed by atoms with Crippen LogP contribution in [0.5, 0.6) is 0 Å². The fourth-order valence-electron chi connectivity index (χ4n) is 2.44. The quantitative estimate of drug-likeness (QED) is 0.352. The van der Waals surface area contributed by atoms with E-state index in [1.807, 2.05) is 0 Å². The second-order valence-electron chi connectivity index (χ2n) is 6.53. The molecule has 0 atom stereocenters.